The zero-order valence-corrected chi connectivity index (χ0v) is 16.1. The minimum atomic E-state index is -0.406. The van der Waals surface area contributed by atoms with Crippen molar-refractivity contribution >= 4 is 12.0 Å². The Balaban J connectivity index is 1.50. The lowest BCUT2D eigenvalue weighted by Gasteiger charge is -2.37. The van der Waals surface area contributed by atoms with E-state index < -0.39 is 5.60 Å². The van der Waals surface area contributed by atoms with Gasteiger partial charge in [-0.2, -0.15) is 0 Å². The molecule has 2 aliphatic heterocycles. The van der Waals surface area contributed by atoms with Gasteiger partial charge in [0.1, 0.15) is 11.4 Å². The normalized spacial score (nSPS) is 20.5. The molecule has 0 N–H and O–H groups in total. The molecule has 7 heteroatoms. The topological polar surface area (TPSA) is 67.7 Å². The summed E-state index contributed by atoms with van der Waals surface area (Å²) in [6.45, 7) is 8.78. The van der Waals surface area contributed by atoms with Crippen molar-refractivity contribution in [2.24, 2.45) is 0 Å². The molecular formula is C19H30N4O3. The highest BCUT2D eigenvalue weighted by Gasteiger charge is 2.48. The SMILES string of the molecule is CCC[C@@H](C)N1CC2(CCN(C(=O)CCn3ccnc3C)CC2)OC1=O. The van der Waals surface area contributed by atoms with E-state index in [1.54, 1.807) is 6.20 Å². The summed E-state index contributed by atoms with van der Waals surface area (Å²) < 4.78 is 7.76. The third kappa shape index (κ3) is 3.86. The average Bonchev–Trinajstić information content (AvgIpc) is 3.17. The number of hydrogen-bond acceptors (Lipinski definition) is 4. The van der Waals surface area contributed by atoms with E-state index in [1.807, 2.05) is 27.5 Å². The Morgan fingerprint density at radius 1 is 1.38 bits per heavy atom. The van der Waals surface area contributed by atoms with E-state index in [-0.39, 0.29) is 18.0 Å². The van der Waals surface area contributed by atoms with Crippen LogP contribution in [0.25, 0.3) is 0 Å². The number of piperidine rings is 1. The molecule has 0 saturated carbocycles. The smallest absolute Gasteiger partial charge is 0.410 e. The maximum Gasteiger partial charge on any atom is 0.410 e. The quantitative estimate of drug-likeness (QED) is 0.780. The van der Waals surface area contributed by atoms with Crippen molar-refractivity contribution in [3.05, 3.63) is 18.2 Å². The standard InChI is InChI=1S/C19H30N4O3/c1-4-5-15(2)23-14-19(26-18(23)25)7-11-22(12-8-19)17(24)6-10-21-13-9-20-16(21)3/h9,13,15H,4-8,10-12,14H2,1-3H3/t15-/m1/s1. The second kappa shape index (κ2) is 7.68. The maximum atomic E-state index is 12.5. The lowest BCUT2D eigenvalue weighted by atomic mass is 9.90. The van der Waals surface area contributed by atoms with E-state index in [2.05, 4.69) is 18.8 Å². The molecule has 1 aromatic rings. The molecule has 2 saturated heterocycles. The second-order valence-corrected chi connectivity index (χ2v) is 7.62. The first-order valence-corrected chi connectivity index (χ1v) is 9.69. The third-order valence-corrected chi connectivity index (χ3v) is 5.75. The lowest BCUT2D eigenvalue weighted by Crippen LogP contribution is -2.49. The van der Waals surface area contributed by atoms with Crippen LogP contribution in [0.15, 0.2) is 12.4 Å². The van der Waals surface area contributed by atoms with Crippen molar-refractivity contribution in [2.75, 3.05) is 19.6 Å². The van der Waals surface area contributed by atoms with Gasteiger partial charge in [-0.1, -0.05) is 13.3 Å². The number of hydrogen-bond donors (Lipinski definition) is 0. The molecule has 3 heterocycles. The van der Waals surface area contributed by atoms with E-state index in [4.69, 9.17) is 4.74 Å². The number of aryl methyl sites for hydroxylation is 2. The van der Waals surface area contributed by atoms with Gasteiger partial charge in [0.15, 0.2) is 0 Å². The van der Waals surface area contributed by atoms with Crippen molar-refractivity contribution in [3.8, 4) is 0 Å². The predicted octanol–water partition coefficient (Wildman–Crippen LogP) is 2.58. The molecule has 1 spiro atoms. The molecule has 0 bridgehead atoms. The monoisotopic (exact) mass is 362 g/mol. The van der Waals surface area contributed by atoms with Crippen LogP contribution in [0.5, 0.6) is 0 Å². The minimum absolute atomic E-state index is 0.161. The lowest BCUT2D eigenvalue weighted by molar-refractivity contribution is -0.134. The van der Waals surface area contributed by atoms with Gasteiger partial charge in [-0.15, -0.1) is 0 Å². The third-order valence-electron chi connectivity index (χ3n) is 5.75. The number of imidazole rings is 1. The van der Waals surface area contributed by atoms with Crippen molar-refractivity contribution < 1.29 is 14.3 Å². The summed E-state index contributed by atoms with van der Waals surface area (Å²) in [5.41, 5.74) is -0.406. The molecule has 26 heavy (non-hydrogen) atoms. The number of amides is 2. The van der Waals surface area contributed by atoms with Crippen LogP contribution in [0.2, 0.25) is 0 Å². The van der Waals surface area contributed by atoms with Crippen molar-refractivity contribution in [1.29, 1.82) is 0 Å². The van der Waals surface area contributed by atoms with Crippen LogP contribution in [-0.4, -0.2) is 62.6 Å². The molecular weight excluding hydrogens is 332 g/mol. The Labute approximate surface area is 155 Å². The summed E-state index contributed by atoms with van der Waals surface area (Å²) in [5, 5.41) is 0. The van der Waals surface area contributed by atoms with Gasteiger partial charge >= 0.3 is 6.09 Å². The van der Waals surface area contributed by atoms with Crippen LogP contribution in [0.4, 0.5) is 4.79 Å². The number of nitrogens with zero attached hydrogens (tertiary/aromatic N) is 4. The van der Waals surface area contributed by atoms with Gasteiger partial charge in [0.2, 0.25) is 5.91 Å². The molecule has 2 amide bonds. The first-order valence-electron chi connectivity index (χ1n) is 9.69. The maximum absolute atomic E-state index is 12.5. The first kappa shape index (κ1) is 18.7. The Bertz CT molecular complexity index is 649. The number of aromatic nitrogens is 2. The molecule has 0 radical (unpaired) electrons. The van der Waals surface area contributed by atoms with E-state index in [1.165, 1.54) is 0 Å². The number of carbonyl (C=O) groups is 2. The Morgan fingerprint density at radius 2 is 2.12 bits per heavy atom. The van der Waals surface area contributed by atoms with Crippen LogP contribution in [0.3, 0.4) is 0 Å². The summed E-state index contributed by atoms with van der Waals surface area (Å²) in [7, 11) is 0. The van der Waals surface area contributed by atoms with Crippen LogP contribution in [0, 0.1) is 6.92 Å². The first-order chi connectivity index (χ1) is 12.4. The molecule has 7 nitrogen and oxygen atoms in total. The summed E-state index contributed by atoms with van der Waals surface area (Å²) in [6, 6.07) is 0.213. The fourth-order valence-corrected chi connectivity index (χ4v) is 4.00. The summed E-state index contributed by atoms with van der Waals surface area (Å²) in [5.74, 6) is 1.09. The van der Waals surface area contributed by atoms with E-state index in [0.29, 0.717) is 32.6 Å². The van der Waals surface area contributed by atoms with Crippen molar-refractivity contribution in [1.82, 2.24) is 19.4 Å². The highest BCUT2D eigenvalue weighted by atomic mass is 16.6. The summed E-state index contributed by atoms with van der Waals surface area (Å²) in [4.78, 5) is 32.7. The molecule has 1 atom stereocenters. The van der Waals surface area contributed by atoms with Crippen molar-refractivity contribution in [2.45, 2.75) is 71.1 Å². The Morgan fingerprint density at radius 3 is 2.73 bits per heavy atom. The van der Waals surface area contributed by atoms with Crippen LogP contribution >= 0.6 is 0 Å². The van der Waals surface area contributed by atoms with Gasteiger partial charge in [0.25, 0.3) is 0 Å². The fraction of sp³-hybridized carbons (Fsp3) is 0.737. The van der Waals surface area contributed by atoms with Gasteiger partial charge < -0.3 is 19.1 Å². The summed E-state index contributed by atoms with van der Waals surface area (Å²) >= 11 is 0. The molecule has 0 aliphatic carbocycles. The number of likely N-dealkylation sites (tertiary alicyclic amines) is 1. The number of carbonyl (C=O) groups excluding carboxylic acids is 2. The van der Waals surface area contributed by atoms with Crippen LogP contribution in [0.1, 0.15) is 51.8 Å². The van der Waals surface area contributed by atoms with E-state index >= 15 is 0 Å². The fourth-order valence-electron chi connectivity index (χ4n) is 4.00. The van der Waals surface area contributed by atoms with Crippen molar-refractivity contribution in [3.63, 3.8) is 0 Å². The van der Waals surface area contributed by atoms with Gasteiger partial charge in [-0.25, -0.2) is 9.78 Å². The molecule has 0 aromatic carbocycles. The second-order valence-electron chi connectivity index (χ2n) is 7.62. The molecule has 3 rings (SSSR count). The number of rotatable bonds is 6. The highest BCUT2D eigenvalue weighted by Crippen LogP contribution is 2.34. The predicted molar refractivity (Wildman–Crippen MR) is 97.7 cm³/mol. The van der Waals surface area contributed by atoms with Crippen LogP contribution in [-0.2, 0) is 16.1 Å². The largest absolute Gasteiger partial charge is 0.441 e. The van der Waals surface area contributed by atoms with Gasteiger partial charge in [-0.3, -0.25) is 4.79 Å². The van der Waals surface area contributed by atoms with Crippen LogP contribution < -0.4 is 0 Å². The van der Waals surface area contributed by atoms with Gasteiger partial charge in [0, 0.05) is 57.3 Å². The highest BCUT2D eigenvalue weighted by molar-refractivity contribution is 5.76. The molecule has 2 fully saturated rings. The minimum Gasteiger partial charge on any atom is -0.441 e. The zero-order chi connectivity index (χ0) is 18.7. The number of ether oxygens (including phenoxy) is 1. The molecule has 144 valence electrons. The zero-order valence-electron chi connectivity index (χ0n) is 16.1. The summed E-state index contributed by atoms with van der Waals surface area (Å²) in [6.07, 6.45) is 7.43. The average molecular weight is 362 g/mol. The van der Waals surface area contributed by atoms with Gasteiger partial charge in [-0.05, 0) is 20.3 Å². The molecule has 1 aromatic heterocycles. The molecule has 2 aliphatic rings. The van der Waals surface area contributed by atoms with Gasteiger partial charge in [0.05, 0.1) is 6.54 Å². The Hall–Kier alpha value is -2.05. The Kier molecular flexibility index (Phi) is 5.53. The van der Waals surface area contributed by atoms with E-state index in [9.17, 15) is 9.59 Å². The molecule has 0 unspecified atom stereocenters. The van der Waals surface area contributed by atoms with E-state index in [0.717, 1.165) is 31.5 Å².